The van der Waals surface area contributed by atoms with Crippen molar-refractivity contribution in [2.24, 2.45) is 0 Å². The number of anilines is 1. The highest BCUT2D eigenvalue weighted by Gasteiger charge is 2.49. The van der Waals surface area contributed by atoms with Gasteiger partial charge in [0.05, 0.1) is 5.75 Å². The Labute approximate surface area is 129 Å². The van der Waals surface area contributed by atoms with Crippen LogP contribution in [0.2, 0.25) is 0 Å². The highest BCUT2D eigenvalue weighted by Crippen LogP contribution is 2.33. The van der Waals surface area contributed by atoms with Gasteiger partial charge in [-0.3, -0.25) is 4.79 Å². The van der Waals surface area contributed by atoms with Crippen molar-refractivity contribution in [2.45, 2.75) is 24.5 Å². The topological polar surface area (TPSA) is 68.2 Å². The lowest BCUT2D eigenvalue weighted by molar-refractivity contribution is -0.118. The minimum atomic E-state index is -3.38. The zero-order chi connectivity index (χ0) is 15.8. The number of benzene rings is 1. The molecule has 1 atom stereocenters. The molecular formula is C16H18N2O3S. The van der Waals surface area contributed by atoms with Crippen LogP contribution in [-0.4, -0.2) is 29.4 Å². The standard InChI is InChI=1S/C16H18N2O3S/c1-16(8-5-11-22(16,20)21)15(19)17-13-6-4-7-14(12-13)18-9-2-3-10-18/h2-4,6-7,9-10,12H,5,8,11H2,1H3,(H,17,19). The molecule has 1 saturated heterocycles. The van der Waals surface area contributed by atoms with Gasteiger partial charge in [-0.1, -0.05) is 6.07 Å². The maximum absolute atomic E-state index is 12.5. The Balaban J connectivity index is 1.85. The Hall–Kier alpha value is -2.08. The number of nitrogens with one attached hydrogen (secondary N) is 1. The normalized spacial score (nSPS) is 23.3. The average Bonchev–Trinajstić information content (AvgIpc) is 3.09. The van der Waals surface area contributed by atoms with Gasteiger partial charge in [-0.2, -0.15) is 0 Å². The molecule has 116 valence electrons. The number of hydrogen-bond acceptors (Lipinski definition) is 3. The van der Waals surface area contributed by atoms with Crippen LogP contribution in [0.25, 0.3) is 5.69 Å². The maximum Gasteiger partial charge on any atom is 0.245 e. The summed E-state index contributed by atoms with van der Waals surface area (Å²) in [4.78, 5) is 12.5. The van der Waals surface area contributed by atoms with E-state index in [1.807, 2.05) is 47.3 Å². The molecule has 0 spiro atoms. The van der Waals surface area contributed by atoms with Gasteiger partial charge in [0.15, 0.2) is 9.84 Å². The third kappa shape index (κ3) is 2.43. The predicted molar refractivity (Wildman–Crippen MR) is 85.8 cm³/mol. The van der Waals surface area contributed by atoms with Crippen LogP contribution in [0.4, 0.5) is 5.69 Å². The third-order valence-electron chi connectivity index (χ3n) is 4.24. The number of sulfone groups is 1. The molecule has 6 heteroatoms. The molecule has 0 radical (unpaired) electrons. The van der Waals surface area contributed by atoms with Gasteiger partial charge < -0.3 is 9.88 Å². The Bertz CT molecular complexity index is 797. The lowest BCUT2D eigenvalue weighted by Gasteiger charge is -2.21. The first kappa shape index (κ1) is 14.8. The average molecular weight is 318 g/mol. The molecule has 0 aliphatic carbocycles. The van der Waals surface area contributed by atoms with Crippen LogP contribution < -0.4 is 5.32 Å². The molecule has 2 aromatic rings. The number of aromatic nitrogens is 1. The van der Waals surface area contributed by atoms with Gasteiger partial charge in [-0.15, -0.1) is 0 Å². The second-order valence-electron chi connectivity index (χ2n) is 5.75. The first-order valence-electron chi connectivity index (χ1n) is 7.20. The zero-order valence-electron chi connectivity index (χ0n) is 12.3. The first-order chi connectivity index (χ1) is 10.4. The fourth-order valence-electron chi connectivity index (χ4n) is 2.75. The summed E-state index contributed by atoms with van der Waals surface area (Å²) in [6.45, 7) is 1.51. The quantitative estimate of drug-likeness (QED) is 0.945. The van der Waals surface area contributed by atoms with Crippen molar-refractivity contribution < 1.29 is 13.2 Å². The van der Waals surface area contributed by atoms with Crippen LogP contribution in [0.3, 0.4) is 0 Å². The monoisotopic (exact) mass is 318 g/mol. The van der Waals surface area contributed by atoms with Crippen molar-refractivity contribution in [3.05, 3.63) is 48.8 Å². The number of rotatable bonds is 3. The molecule has 0 saturated carbocycles. The Morgan fingerprint density at radius 1 is 1.23 bits per heavy atom. The number of carbonyl (C=O) groups excluding carboxylic acids is 1. The van der Waals surface area contributed by atoms with E-state index < -0.39 is 20.5 Å². The molecular weight excluding hydrogens is 300 g/mol. The van der Waals surface area contributed by atoms with Crippen LogP contribution in [-0.2, 0) is 14.6 Å². The van der Waals surface area contributed by atoms with E-state index in [2.05, 4.69) is 5.32 Å². The highest BCUT2D eigenvalue weighted by atomic mass is 32.2. The van der Waals surface area contributed by atoms with E-state index in [0.29, 0.717) is 18.5 Å². The molecule has 1 fully saturated rings. The van der Waals surface area contributed by atoms with Gasteiger partial charge in [0.1, 0.15) is 4.75 Å². The molecule has 1 aromatic carbocycles. The molecule has 5 nitrogen and oxygen atoms in total. The zero-order valence-corrected chi connectivity index (χ0v) is 13.1. The smallest absolute Gasteiger partial charge is 0.245 e. The van der Waals surface area contributed by atoms with E-state index in [-0.39, 0.29) is 5.75 Å². The third-order valence-corrected chi connectivity index (χ3v) is 6.83. The van der Waals surface area contributed by atoms with Crippen molar-refractivity contribution >= 4 is 21.4 Å². The summed E-state index contributed by atoms with van der Waals surface area (Å²) in [5, 5.41) is 2.75. The van der Waals surface area contributed by atoms with Crippen LogP contribution in [0.1, 0.15) is 19.8 Å². The summed E-state index contributed by atoms with van der Waals surface area (Å²) >= 11 is 0. The van der Waals surface area contributed by atoms with Crippen molar-refractivity contribution in [2.75, 3.05) is 11.1 Å². The molecule has 22 heavy (non-hydrogen) atoms. The fraction of sp³-hybridized carbons (Fsp3) is 0.312. The van der Waals surface area contributed by atoms with Gasteiger partial charge >= 0.3 is 0 Å². The Morgan fingerprint density at radius 3 is 2.59 bits per heavy atom. The number of hydrogen-bond donors (Lipinski definition) is 1. The lowest BCUT2D eigenvalue weighted by atomic mass is 10.0. The summed E-state index contributed by atoms with van der Waals surface area (Å²) in [6, 6.07) is 11.2. The van der Waals surface area contributed by atoms with Gasteiger partial charge in [0.25, 0.3) is 0 Å². The SMILES string of the molecule is CC1(C(=O)Nc2cccc(-n3cccc3)c2)CCCS1(=O)=O. The summed E-state index contributed by atoms with van der Waals surface area (Å²) in [6.07, 6.45) is 4.72. The van der Waals surface area contributed by atoms with E-state index in [1.54, 1.807) is 6.07 Å². The van der Waals surface area contributed by atoms with Crippen molar-refractivity contribution in [1.82, 2.24) is 4.57 Å². The predicted octanol–water partition coefficient (Wildman–Crippen LogP) is 2.38. The minimum Gasteiger partial charge on any atom is -0.325 e. The van der Waals surface area contributed by atoms with E-state index in [0.717, 1.165) is 5.69 Å². The molecule has 1 amide bonds. The fourth-order valence-corrected chi connectivity index (χ4v) is 4.51. The van der Waals surface area contributed by atoms with Crippen LogP contribution in [0.5, 0.6) is 0 Å². The molecule has 1 aromatic heterocycles. The second kappa shape index (κ2) is 5.28. The molecule has 1 aliphatic rings. The van der Waals surface area contributed by atoms with E-state index in [9.17, 15) is 13.2 Å². The van der Waals surface area contributed by atoms with E-state index in [1.165, 1.54) is 6.92 Å². The molecule has 0 bridgehead atoms. The maximum atomic E-state index is 12.5. The van der Waals surface area contributed by atoms with Crippen LogP contribution in [0.15, 0.2) is 48.8 Å². The molecule has 1 N–H and O–H groups in total. The van der Waals surface area contributed by atoms with E-state index >= 15 is 0 Å². The molecule has 1 unspecified atom stereocenters. The van der Waals surface area contributed by atoms with Crippen molar-refractivity contribution in [3.63, 3.8) is 0 Å². The highest BCUT2D eigenvalue weighted by molar-refractivity contribution is 7.93. The summed E-state index contributed by atoms with van der Waals surface area (Å²) in [5.41, 5.74) is 1.50. The second-order valence-corrected chi connectivity index (χ2v) is 8.29. The van der Waals surface area contributed by atoms with Gasteiger partial charge in [-0.25, -0.2) is 8.42 Å². The number of carbonyl (C=O) groups is 1. The van der Waals surface area contributed by atoms with Gasteiger partial charge in [0.2, 0.25) is 5.91 Å². The summed E-state index contributed by atoms with van der Waals surface area (Å²) < 4.78 is 24.8. The largest absolute Gasteiger partial charge is 0.325 e. The van der Waals surface area contributed by atoms with Gasteiger partial charge in [0, 0.05) is 23.8 Å². The summed E-state index contributed by atoms with van der Waals surface area (Å²) in [5.74, 6) is -0.366. The van der Waals surface area contributed by atoms with Crippen molar-refractivity contribution in [1.29, 1.82) is 0 Å². The number of nitrogens with zero attached hydrogens (tertiary/aromatic N) is 1. The van der Waals surface area contributed by atoms with Crippen LogP contribution >= 0.6 is 0 Å². The number of amides is 1. The molecule has 2 heterocycles. The Kier molecular flexibility index (Phi) is 3.56. The lowest BCUT2D eigenvalue weighted by Crippen LogP contribution is -2.44. The van der Waals surface area contributed by atoms with Crippen molar-refractivity contribution in [3.8, 4) is 5.69 Å². The minimum absolute atomic E-state index is 0.0837. The van der Waals surface area contributed by atoms with Crippen LogP contribution in [0, 0.1) is 0 Å². The Morgan fingerprint density at radius 2 is 1.95 bits per heavy atom. The molecule has 1 aliphatic heterocycles. The molecule has 3 rings (SSSR count). The first-order valence-corrected chi connectivity index (χ1v) is 8.85. The summed E-state index contributed by atoms with van der Waals surface area (Å²) in [7, 11) is -3.38. The van der Waals surface area contributed by atoms with E-state index in [4.69, 9.17) is 0 Å². The van der Waals surface area contributed by atoms with Gasteiger partial charge in [-0.05, 0) is 50.1 Å².